The fraction of sp³-hybridized carbons (Fsp3) is 0.769. The Bertz CT molecular complexity index is 331. The van der Waals surface area contributed by atoms with Crippen LogP contribution in [0.1, 0.15) is 25.5 Å². The Kier molecular flexibility index (Phi) is 4.57. The van der Waals surface area contributed by atoms with Gasteiger partial charge in [-0.15, -0.1) is 0 Å². The lowest BCUT2D eigenvalue weighted by Crippen LogP contribution is -2.33. The summed E-state index contributed by atoms with van der Waals surface area (Å²) in [6.07, 6.45) is 5.44. The van der Waals surface area contributed by atoms with E-state index in [0.717, 1.165) is 32.1 Å². The highest BCUT2D eigenvalue weighted by Crippen LogP contribution is 2.19. The zero-order chi connectivity index (χ0) is 12.1. The quantitative estimate of drug-likeness (QED) is 0.812. The van der Waals surface area contributed by atoms with Gasteiger partial charge in [0.1, 0.15) is 0 Å². The van der Waals surface area contributed by atoms with Gasteiger partial charge in [-0.25, -0.2) is 0 Å². The molecule has 1 fully saturated rings. The van der Waals surface area contributed by atoms with Gasteiger partial charge in [0.05, 0.1) is 5.69 Å². The summed E-state index contributed by atoms with van der Waals surface area (Å²) in [5.41, 5.74) is 1.18. The van der Waals surface area contributed by atoms with Gasteiger partial charge in [0.2, 0.25) is 0 Å². The van der Waals surface area contributed by atoms with Crippen LogP contribution in [0.15, 0.2) is 12.3 Å². The summed E-state index contributed by atoms with van der Waals surface area (Å²) in [5, 5.41) is 8.02. The third-order valence-corrected chi connectivity index (χ3v) is 3.36. The van der Waals surface area contributed by atoms with E-state index >= 15 is 0 Å². The van der Waals surface area contributed by atoms with Crippen LogP contribution < -0.4 is 5.32 Å². The minimum atomic E-state index is 0.529. The number of likely N-dealkylation sites (N-methyl/N-ethyl adjacent to an activating group) is 1. The summed E-state index contributed by atoms with van der Waals surface area (Å²) in [5.74, 6) is 0.725. The first-order valence-corrected chi connectivity index (χ1v) is 6.57. The van der Waals surface area contributed by atoms with Crippen LogP contribution in [-0.4, -0.2) is 35.6 Å². The molecular weight excluding hydrogens is 214 g/mol. The zero-order valence-corrected chi connectivity index (χ0v) is 10.9. The van der Waals surface area contributed by atoms with Crippen molar-refractivity contribution in [2.24, 2.45) is 13.0 Å². The number of nitrogens with zero attached hydrogens (tertiary/aromatic N) is 2. The van der Waals surface area contributed by atoms with E-state index in [-0.39, 0.29) is 0 Å². The molecule has 0 saturated carbocycles. The Labute approximate surface area is 103 Å². The van der Waals surface area contributed by atoms with Gasteiger partial charge in [-0.1, -0.05) is 6.92 Å². The lowest BCUT2D eigenvalue weighted by molar-refractivity contribution is 0.181. The molecule has 0 amide bonds. The van der Waals surface area contributed by atoms with Crippen molar-refractivity contribution in [3.05, 3.63) is 18.0 Å². The lowest BCUT2D eigenvalue weighted by Gasteiger charge is -2.19. The van der Waals surface area contributed by atoms with Crippen LogP contribution in [0, 0.1) is 5.92 Å². The molecule has 0 radical (unpaired) electrons. The van der Waals surface area contributed by atoms with Crippen LogP contribution in [0.3, 0.4) is 0 Å². The second-order valence-electron chi connectivity index (χ2n) is 4.90. The van der Waals surface area contributed by atoms with Crippen molar-refractivity contribution in [1.82, 2.24) is 15.1 Å². The topological polar surface area (TPSA) is 39.1 Å². The minimum absolute atomic E-state index is 0.529. The van der Waals surface area contributed by atoms with Crippen molar-refractivity contribution in [1.29, 1.82) is 0 Å². The average molecular weight is 237 g/mol. The number of rotatable bonds is 6. The number of aryl methyl sites for hydroxylation is 1. The van der Waals surface area contributed by atoms with Crippen LogP contribution in [0.25, 0.3) is 0 Å². The summed E-state index contributed by atoms with van der Waals surface area (Å²) in [6.45, 7) is 5.05. The summed E-state index contributed by atoms with van der Waals surface area (Å²) in [6, 6.07) is 2.64. The SMILES string of the molecule is CCNC(Cc1ccn(C)n1)CC1CCOC1. The molecule has 1 aromatic rings. The predicted octanol–water partition coefficient (Wildman–Crippen LogP) is 1.37. The molecule has 2 atom stereocenters. The normalized spacial score (nSPS) is 21.9. The molecule has 1 N–H and O–H groups in total. The molecule has 4 nitrogen and oxygen atoms in total. The standard InChI is InChI=1S/C13H23N3O/c1-3-14-13(8-11-5-7-17-10-11)9-12-4-6-16(2)15-12/h4,6,11,13-14H,3,5,7-10H2,1-2H3. The number of ether oxygens (including phenoxy) is 1. The molecule has 2 heterocycles. The first-order valence-electron chi connectivity index (χ1n) is 6.57. The third kappa shape index (κ3) is 3.82. The van der Waals surface area contributed by atoms with Gasteiger partial charge < -0.3 is 10.1 Å². The third-order valence-electron chi connectivity index (χ3n) is 3.36. The lowest BCUT2D eigenvalue weighted by atomic mass is 9.96. The van der Waals surface area contributed by atoms with Crippen molar-refractivity contribution in [2.45, 2.75) is 32.2 Å². The Morgan fingerprint density at radius 3 is 3.12 bits per heavy atom. The fourth-order valence-corrected chi connectivity index (χ4v) is 2.52. The summed E-state index contributed by atoms with van der Waals surface area (Å²) >= 11 is 0. The number of nitrogens with one attached hydrogen (secondary N) is 1. The number of aromatic nitrogens is 2. The van der Waals surface area contributed by atoms with E-state index < -0.39 is 0 Å². The van der Waals surface area contributed by atoms with Crippen LogP contribution in [0.5, 0.6) is 0 Å². The molecule has 0 bridgehead atoms. The van der Waals surface area contributed by atoms with Gasteiger partial charge in [-0.3, -0.25) is 4.68 Å². The van der Waals surface area contributed by atoms with Crippen LogP contribution >= 0.6 is 0 Å². The summed E-state index contributed by atoms with van der Waals surface area (Å²) < 4.78 is 7.31. The Morgan fingerprint density at radius 2 is 2.53 bits per heavy atom. The molecule has 4 heteroatoms. The molecule has 2 rings (SSSR count). The highest BCUT2D eigenvalue weighted by Gasteiger charge is 2.21. The van der Waals surface area contributed by atoms with Gasteiger partial charge in [-0.2, -0.15) is 5.10 Å². The zero-order valence-electron chi connectivity index (χ0n) is 10.9. The highest BCUT2D eigenvalue weighted by molar-refractivity contribution is 5.01. The van der Waals surface area contributed by atoms with E-state index in [9.17, 15) is 0 Å². The van der Waals surface area contributed by atoms with Gasteiger partial charge in [0.15, 0.2) is 0 Å². The molecule has 96 valence electrons. The summed E-state index contributed by atoms with van der Waals surface area (Å²) in [7, 11) is 1.97. The van der Waals surface area contributed by atoms with E-state index in [1.165, 1.54) is 18.5 Å². The first kappa shape index (κ1) is 12.6. The fourth-order valence-electron chi connectivity index (χ4n) is 2.52. The van der Waals surface area contributed by atoms with Crippen LogP contribution in [0.2, 0.25) is 0 Å². The second kappa shape index (κ2) is 6.17. The molecular formula is C13H23N3O. The van der Waals surface area contributed by atoms with Crippen molar-refractivity contribution in [2.75, 3.05) is 19.8 Å². The van der Waals surface area contributed by atoms with Gasteiger partial charge in [0, 0.05) is 38.9 Å². The van der Waals surface area contributed by atoms with E-state index in [1.54, 1.807) is 0 Å². The molecule has 0 spiro atoms. The Hall–Kier alpha value is -0.870. The molecule has 2 unspecified atom stereocenters. The maximum atomic E-state index is 5.44. The number of hydrogen-bond acceptors (Lipinski definition) is 3. The maximum Gasteiger partial charge on any atom is 0.0640 e. The predicted molar refractivity (Wildman–Crippen MR) is 67.9 cm³/mol. The second-order valence-corrected chi connectivity index (χ2v) is 4.90. The van der Waals surface area contributed by atoms with Crippen molar-refractivity contribution in [3.63, 3.8) is 0 Å². The monoisotopic (exact) mass is 237 g/mol. The molecule has 17 heavy (non-hydrogen) atoms. The molecule has 1 aliphatic rings. The largest absolute Gasteiger partial charge is 0.381 e. The molecule has 0 aromatic carbocycles. The minimum Gasteiger partial charge on any atom is -0.381 e. The maximum absolute atomic E-state index is 5.44. The van der Waals surface area contributed by atoms with Gasteiger partial charge in [0.25, 0.3) is 0 Å². The van der Waals surface area contributed by atoms with Gasteiger partial charge >= 0.3 is 0 Å². The van der Waals surface area contributed by atoms with E-state index in [0.29, 0.717) is 6.04 Å². The van der Waals surface area contributed by atoms with Crippen molar-refractivity contribution < 1.29 is 4.74 Å². The van der Waals surface area contributed by atoms with Gasteiger partial charge in [-0.05, 0) is 31.4 Å². The number of hydrogen-bond donors (Lipinski definition) is 1. The Balaban J connectivity index is 1.87. The Morgan fingerprint density at radius 1 is 1.65 bits per heavy atom. The van der Waals surface area contributed by atoms with Crippen molar-refractivity contribution >= 4 is 0 Å². The molecule has 1 saturated heterocycles. The van der Waals surface area contributed by atoms with E-state index in [2.05, 4.69) is 23.4 Å². The van der Waals surface area contributed by atoms with Crippen LogP contribution in [-0.2, 0) is 18.2 Å². The van der Waals surface area contributed by atoms with E-state index in [1.807, 2.05) is 17.9 Å². The molecule has 1 aliphatic heterocycles. The van der Waals surface area contributed by atoms with Crippen molar-refractivity contribution in [3.8, 4) is 0 Å². The highest BCUT2D eigenvalue weighted by atomic mass is 16.5. The van der Waals surface area contributed by atoms with Crippen LogP contribution in [0.4, 0.5) is 0 Å². The average Bonchev–Trinajstić information content (AvgIpc) is 2.91. The van der Waals surface area contributed by atoms with E-state index in [4.69, 9.17) is 4.74 Å². The summed E-state index contributed by atoms with van der Waals surface area (Å²) in [4.78, 5) is 0. The first-order chi connectivity index (χ1) is 8.28. The molecule has 1 aromatic heterocycles. The molecule has 0 aliphatic carbocycles. The smallest absolute Gasteiger partial charge is 0.0640 e.